The zero-order chi connectivity index (χ0) is 14.0. The van der Waals surface area contributed by atoms with Gasteiger partial charge in [-0.05, 0) is 32.8 Å². The van der Waals surface area contributed by atoms with Crippen LogP contribution in [0.3, 0.4) is 0 Å². The van der Waals surface area contributed by atoms with E-state index in [9.17, 15) is 13.6 Å². The molecule has 0 spiro atoms. The standard InChI is InChI=1S/C14H20F2N2O/c1-3-18-12(7-10(2)17-18)8-13(19)11-5-4-6-14(15,16)9-11/h7,11H,3-6,8-9H2,1-2H3. The van der Waals surface area contributed by atoms with Crippen LogP contribution in [0, 0.1) is 12.8 Å². The third-order valence-electron chi connectivity index (χ3n) is 3.74. The number of carbonyl (C=O) groups excluding carboxylic acids is 1. The molecule has 0 bridgehead atoms. The number of nitrogens with zero attached hydrogens (tertiary/aromatic N) is 2. The van der Waals surface area contributed by atoms with E-state index in [1.165, 1.54) is 0 Å². The second kappa shape index (κ2) is 5.39. The van der Waals surface area contributed by atoms with Crippen molar-refractivity contribution < 1.29 is 13.6 Å². The molecule has 1 fully saturated rings. The molecule has 0 amide bonds. The van der Waals surface area contributed by atoms with E-state index in [1.807, 2.05) is 19.9 Å². The van der Waals surface area contributed by atoms with Crippen LogP contribution in [0.1, 0.15) is 44.0 Å². The Labute approximate surface area is 112 Å². The Bertz CT molecular complexity index is 468. The van der Waals surface area contributed by atoms with Gasteiger partial charge in [-0.3, -0.25) is 9.48 Å². The molecule has 1 aliphatic carbocycles. The fourth-order valence-corrected chi connectivity index (χ4v) is 2.78. The van der Waals surface area contributed by atoms with Gasteiger partial charge in [-0.2, -0.15) is 5.10 Å². The van der Waals surface area contributed by atoms with Gasteiger partial charge in [0.25, 0.3) is 0 Å². The number of ketones is 1. The first-order valence-electron chi connectivity index (χ1n) is 6.85. The van der Waals surface area contributed by atoms with E-state index in [2.05, 4.69) is 5.10 Å². The van der Waals surface area contributed by atoms with Crippen LogP contribution in [-0.4, -0.2) is 21.5 Å². The predicted molar refractivity (Wildman–Crippen MR) is 68.3 cm³/mol. The van der Waals surface area contributed by atoms with Crippen LogP contribution in [-0.2, 0) is 17.8 Å². The molecule has 0 saturated heterocycles. The molecule has 1 heterocycles. The Morgan fingerprint density at radius 1 is 1.58 bits per heavy atom. The molecular weight excluding hydrogens is 250 g/mol. The quantitative estimate of drug-likeness (QED) is 0.842. The van der Waals surface area contributed by atoms with Crippen LogP contribution >= 0.6 is 0 Å². The summed E-state index contributed by atoms with van der Waals surface area (Å²) in [4.78, 5) is 12.2. The maximum Gasteiger partial charge on any atom is 0.248 e. The summed E-state index contributed by atoms with van der Waals surface area (Å²) in [6, 6.07) is 1.86. The van der Waals surface area contributed by atoms with Crippen LogP contribution in [0.5, 0.6) is 0 Å². The van der Waals surface area contributed by atoms with Crippen LogP contribution in [0.2, 0.25) is 0 Å². The Balaban J connectivity index is 2.04. The summed E-state index contributed by atoms with van der Waals surface area (Å²) in [5.41, 5.74) is 1.69. The lowest BCUT2D eigenvalue weighted by molar-refractivity contribution is -0.129. The van der Waals surface area contributed by atoms with Gasteiger partial charge < -0.3 is 0 Å². The van der Waals surface area contributed by atoms with Gasteiger partial charge in [0.05, 0.1) is 5.69 Å². The maximum atomic E-state index is 13.3. The minimum atomic E-state index is -2.67. The molecule has 0 aromatic carbocycles. The normalized spacial score (nSPS) is 22.4. The Morgan fingerprint density at radius 2 is 2.32 bits per heavy atom. The van der Waals surface area contributed by atoms with Crippen molar-refractivity contribution in [2.75, 3.05) is 0 Å². The van der Waals surface area contributed by atoms with Gasteiger partial charge in [0.15, 0.2) is 0 Å². The van der Waals surface area contributed by atoms with Gasteiger partial charge in [0.1, 0.15) is 5.78 Å². The monoisotopic (exact) mass is 270 g/mol. The number of Topliss-reactive ketones (excluding diaryl/α,β-unsaturated/α-hetero) is 1. The third kappa shape index (κ3) is 3.39. The van der Waals surface area contributed by atoms with E-state index in [0.29, 0.717) is 19.4 Å². The summed E-state index contributed by atoms with van der Waals surface area (Å²) >= 11 is 0. The number of alkyl halides is 2. The highest BCUT2D eigenvalue weighted by molar-refractivity contribution is 5.83. The summed E-state index contributed by atoms with van der Waals surface area (Å²) in [7, 11) is 0. The lowest BCUT2D eigenvalue weighted by Crippen LogP contribution is -2.31. The highest BCUT2D eigenvalue weighted by Gasteiger charge is 2.38. The lowest BCUT2D eigenvalue weighted by atomic mass is 9.82. The Hall–Kier alpha value is -1.26. The van der Waals surface area contributed by atoms with Gasteiger partial charge in [0.2, 0.25) is 5.92 Å². The number of hydrogen-bond acceptors (Lipinski definition) is 2. The van der Waals surface area contributed by atoms with E-state index in [-0.39, 0.29) is 25.0 Å². The van der Waals surface area contributed by atoms with Gasteiger partial charge >= 0.3 is 0 Å². The molecule has 1 aromatic rings. The molecular formula is C14H20F2N2O. The fraction of sp³-hybridized carbons (Fsp3) is 0.714. The Morgan fingerprint density at radius 3 is 2.95 bits per heavy atom. The topological polar surface area (TPSA) is 34.9 Å². The smallest absolute Gasteiger partial charge is 0.248 e. The molecule has 0 radical (unpaired) electrons. The predicted octanol–water partition coefficient (Wildman–Crippen LogP) is 3.15. The summed E-state index contributed by atoms with van der Waals surface area (Å²) in [5.74, 6) is -3.24. The van der Waals surface area contributed by atoms with Gasteiger partial charge in [0, 0.05) is 37.4 Å². The van der Waals surface area contributed by atoms with E-state index in [0.717, 1.165) is 11.4 Å². The second-order valence-corrected chi connectivity index (χ2v) is 5.39. The summed E-state index contributed by atoms with van der Waals surface area (Å²) in [6.45, 7) is 4.52. The van der Waals surface area contributed by atoms with Crippen LogP contribution in [0.15, 0.2) is 6.07 Å². The molecule has 2 rings (SSSR count). The second-order valence-electron chi connectivity index (χ2n) is 5.39. The minimum absolute atomic E-state index is 0.0750. The number of halogens is 2. The minimum Gasteiger partial charge on any atom is -0.299 e. The summed E-state index contributed by atoms with van der Waals surface area (Å²) < 4.78 is 28.4. The number of aromatic nitrogens is 2. The van der Waals surface area contributed by atoms with Crippen LogP contribution in [0.25, 0.3) is 0 Å². The Kier molecular flexibility index (Phi) is 4.02. The number of rotatable bonds is 4. The molecule has 19 heavy (non-hydrogen) atoms. The molecule has 1 saturated carbocycles. The zero-order valence-electron chi connectivity index (χ0n) is 11.5. The SMILES string of the molecule is CCn1nc(C)cc1CC(=O)C1CCCC(F)(F)C1. The highest BCUT2D eigenvalue weighted by atomic mass is 19.3. The average Bonchev–Trinajstić information content (AvgIpc) is 2.68. The van der Waals surface area contributed by atoms with E-state index in [1.54, 1.807) is 4.68 Å². The largest absolute Gasteiger partial charge is 0.299 e. The molecule has 5 heteroatoms. The van der Waals surface area contributed by atoms with Gasteiger partial charge in [-0.25, -0.2) is 8.78 Å². The van der Waals surface area contributed by atoms with Crippen molar-refractivity contribution in [2.24, 2.45) is 5.92 Å². The van der Waals surface area contributed by atoms with Crippen molar-refractivity contribution in [2.45, 2.75) is 58.4 Å². The molecule has 1 aliphatic rings. The van der Waals surface area contributed by atoms with E-state index in [4.69, 9.17) is 0 Å². The van der Waals surface area contributed by atoms with Crippen molar-refractivity contribution in [1.82, 2.24) is 9.78 Å². The first-order chi connectivity index (χ1) is 8.91. The molecule has 1 atom stereocenters. The fourth-order valence-electron chi connectivity index (χ4n) is 2.78. The number of aryl methyl sites for hydroxylation is 2. The first kappa shape index (κ1) is 14.2. The molecule has 0 N–H and O–H groups in total. The summed E-state index contributed by atoms with van der Waals surface area (Å²) in [5, 5.41) is 4.27. The molecule has 1 aromatic heterocycles. The van der Waals surface area contributed by atoms with Crippen molar-refractivity contribution in [3.05, 3.63) is 17.5 Å². The van der Waals surface area contributed by atoms with Crippen LogP contribution < -0.4 is 0 Å². The average molecular weight is 270 g/mol. The summed E-state index contributed by atoms with van der Waals surface area (Å²) in [6.07, 6.45) is 0.881. The van der Waals surface area contributed by atoms with Crippen molar-refractivity contribution in [3.63, 3.8) is 0 Å². The number of hydrogen-bond donors (Lipinski definition) is 0. The highest BCUT2D eigenvalue weighted by Crippen LogP contribution is 2.37. The maximum absolute atomic E-state index is 13.3. The van der Waals surface area contributed by atoms with Crippen molar-refractivity contribution >= 4 is 5.78 Å². The lowest BCUT2D eigenvalue weighted by Gasteiger charge is -2.27. The van der Waals surface area contributed by atoms with E-state index < -0.39 is 11.8 Å². The molecule has 106 valence electrons. The van der Waals surface area contributed by atoms with Crippen LogP contribution in [0.4, 0.5) is 8.78 Å². The van der Waals surface area contributed by atoms with Gasteiger partial charge in [-0.15, -0.1) is 0 Å². The van der Waals surface area contributed by atoms with Crippen molar-refractivity contribution in [3.8, 4) is 0 Å². The number of carbonyl (C=O) groups is 1. The molecule has 1 unspecified atom stereocenters. The van der Waals surface area contributed by atoms with E-state index >= 15 is 0 Å². The third-order valence-corrected chi connectivity index (χ3v) is 3.74. The van der Waals surface area contributed by atoms with Gasteiger partial charge in [-0.1, -0.05) is 0 Å². The zero-order valence-corrected chi connectivity index (χ0v) is 11.5. The van der Waals surface area contributed by atoms with Crippen molar-refractivity contribution in [1.29, 1.82) is 0 Å². The first-order valence-corrected chi connectivity index (χ1v) is 6.85. The molecule has 0 aliphatic heterocycles. The molecule has 3 nitrogen and oxygen atoms in total.